The van der Waals surface area contributed by atoms with Crippen molar-refractivity contribution in [1.82, 2.24) is 9.55 Å². The van der Waals surface area contributed by atoms with Crippen molar-refractivity contribution in [2.24, 2.45) is 12.5 Å². The van der Waals surface area contributed by atoms with Crippen LogP contribution in [0.3, 0.4) is 0 Å². The number of aliphatic hydroxyl groups is 1. The predicted molar refractivity (Wildman–Crippen MR) is 155 cm³/mol. The van der Waals surface area contributed by atoms with Gasteiger partial charge in [0, 0.05) is 31.3 Å². The summed E-state index contributed by atoms with van der Waals surface area (Å²) in [6.45, 7) is 10.0. The van der Waals surface area contributed by atoms with Gasteiger partial charge in [-0.1, -0.05) is 77.4 Å². The molecule has 1 aromatic heterocycles. The summed E-state index contributed by atoms with van der Waals surface area (Å²) in [5.74, 6) is -1.10. The van der Waals surface area contributed by atoms with Crippen LogP contribution in [0, 0.1) is 5.41 Å². The molecule has 0 amide bonds. The number of ether oxygens (including phenoxy) is 1. The quantitative estimate of drug-likeness (QED) is 0.292. The van der Waals surface area contributed by atoms with Gasteiger partial charge in [-0.2, -0.15) is 8.42 Å². The van der Waals surface area contributed by atoms with Gasteiger partial charge in [0.1, 0.15) is 11.4 Å². The molecule has 2 heterocycles. The van der Waals surface area contributed by atoms with E-state index in [1.54, 1.807) is 29.8 Å². The summed E-state index contributed by atoms with van der Waals surface area (Å²) in [6, 6.07) is 14.8. The van der Waals surface area contributed by atoms with Gasteiger partial charge < -0.3 is 14.4 Å². The third-order valence-corrected chi connectivity index (χ3v) is 8.66. The highest BCUT2D eigenvalue weighted by Gasteiger charge is 2.47. The zero-order valence-corrected chi connectivity index (χ0v) is 24.9. The summed E-state index contributed by atoms with van der Waals surface area (Å²) in [4.78, 5) is 17.8. The Labute approximate surface area is 237 Å². The number of cyclic esters (lactones) is 1. The first-order chi connectivity index (χ1) is 18.8. The number of rotatable bonds is 9. The number of sulfonamides is 1. The van der Waals surface area contributed by atoms with Crippen molar-refractivity contribution in [3.8, 4) is 0 Å². The Morgan fingerprint density at radius 1 is 1.15 bits per heavy atom. The number of hydrogen-bond acceptors (Lipinski definition) is 6. The maximum Gasteiger partial charge on any atom is 0.338 e. The van der Waals surface area contributed by atoms with E-state index >= 15 is 0 Å². The third kappa shape index (κ3) is 5.80. The lowest BCUT2D eigenvalue weighted by Crippen LogP contribution is -2.41. The number of nitrogens with one attached hydrogen (secondary N) is 1. The molecular formula is C31H39N3O5S. The fourth-order valence-corrected chi connectivity index (χ4v) is 6.79. The van der Waals surface area contributed by atoms with Crippen molar-refractivity contribution in [1.29, 1.82) is 0 Å². The molecule has 0 fully saturated rings. The van der Waals surface area contributed by atoms with Gasteiger partial charge in [-0.3, -0.25) is 4.72 Å². The lowest BCUT2D eigenvalue weighted by Gasteiger charge is -2.42. The first-order valence-electron chi connectivity index (χ1n) is 13.7. The van der Waals surface area contributed by atoms with Crippen molar-refractivity contribution in [2.45, 2.75) is 76.8 Å². The largest absolute Gasteiger partial charge is 0.512 e. The van der Waals surface area contributed by atoms with Crippen LogP contribution in [0.25, 0.3) is 0 Å². The fourth-order valence-electron chi connectivity index (χ4n) is 5.75. The zero-order chi connectivity index (χ0) is 29.3. The van der Waals surface area contributed by atoms with Crippen LogP contribution in [-0.2, 0) is 38.6 Å². The zero-order valence-electron chi connectivity index (χ0n) is 24.1. The molecule has 0 spiro atoms. The first kappa shape index (κ1) is 29.4. The Hall–Kier alpha value is -3.59. The Kier molecular flexibility index (Phi) is 8.17. The average molecular weight is 566 g/mol. The third-order valence-electron chi connectivity index (χ3n) is 7.40. The number of carbonyl (C=O) groups excluding carboxylic acids is 1. The van der Waals surface area contributed by atoms with E-state index in [1.807, 2.05) is 58.0 Å². The minimum absolute atomic E-state index is 0.00926. The van der Waals surface area contributed by atoms with E-state index < -0.39 is 32.9 Å². The van der Waals surface area contributed by atoms with Crippen LogP contribution in [0.2, 0.25) is 0 Å². The van der Waals surface area contributed by atoms with Crippen LogP contribution in [-0.4, -0.2) is 29.0 Å². The minimum atomic E-state index is -3.91. The lowest BCUT2D eigenvalue weighted by atomic mass is 9.69. The molecular weight excluding hydrogens is 526 g/mol. The number of carbonyl (C=O) groups is 1. The molecule has 0 saturated heterocycles. The van der Waals surface area contributed by atoms with Gasteiger partial charge in [0.2, 0.25) is 0 Å². The number of aromatic nitrogens is 2. The maximum atomic E-state index is 13.9. The number of benzene rings is 2. The molecule has 1 aliphatic heterocycles. The summed E-state index contributed by atoms with van der Waals surface area (Å²) in [5.41, 5.74) is 1.78. The highest BCUT2D eigenvalue weighted by molar-refractivity contribution is 7.92. The smallest absolute Gasteiger partial charge is 0.338 e. The van der Waals surface area contributed by atoms with E-state index in [0.29, 0.717) is 17.7 Å². The van der Waals surface area contributed by atoms with Gasteiger partial charge in [-0.15, -0.1) is 0 Å². The molecule has 3 aromatic rings. The molecule has 2 aromatic carbocycles. The highest BCUT2D eigenvalue weighted by Crippen LogP contribution is 2.49. The molecule has 40 heavy (non-hydrogen) atoms. The predicted octanol–water partition coefficient (Wildman–Crippen LogP) is 6.37. The molecule has 0 unspecified atom stereocenters. The Morgan fingerprint density at radius 3 is 2.48 bits per heavy atom. The van der Waals surface area contributed by atoms with Crippen molar-refractivity contribution in [2.75, 3.05) is 4.72 Å². The van der Waals surface area contributed by atoms with Crippen LogP contribution < -0.4 is 4.72 Å². The van der Waals surface area contributed by atoms with Gasteiger partial charge >= 0.3 is 5.97 Å². The van der Waals surface area contributed by atoms with Gasteiger partial charge in [0.05, 0.1) is 11.9 Å². The van der Waals surface area contributed by atoms with E-state index in [2.05, 4.69) is 16.6 Å². The van der Waals surface area contributed by atoms with E-state index in [1.165, 1.54) is 12.5 Å². The van der Waals surface area contributed by atoms with Crippen molar-refractivity contribution in [3.63, 3.8) is 0 Å². The van der Waals surface area contributed by atoms with Crippen molar-refractivity contribution in [3.05, 3.63) is 89.1 Å². The van der Waals surface area contributed by atoms with Crippen LogP contribution in [0.1, 0.15) is 76.5 Å². The second kappa shape index (κ2) is 11.1. The van der Waals surface area contributed by atoms with E-state index in [4.69, 9.17) is 4.74 Å². The molecule has 4 rings (SSSR count). The number of imidazole rings is 1. The van der Waals surface area contributed by atoms with E-state index in [-0.39, 0.29) is 22.8 Å². The SMILES string of the molecule is CCC[C@@]1(c2ccccc2CC)CC(O)=C([C@H](c2cccc(NS(=O)(=O)c3cn(C)cn3)c2)C(C)(C)C)C(=O)O1. The summed E-state index contributed by atoms with van der Waals surface area (Å²) in [7, 11) is -2.22. The second-order valence-corrected chi connectivity index (χ2v) is 13.2. The Balaban J connectivity index is 1.76. The molecule has 2 atom stereocenters. The number of esters is 1. The standard InChI is InChI=1S/C31H39N3O5S/c1-7-16-31(24-15-10-9-12-21(24)8-2)18-25(35)27(29(36)39-31)28(30(3,4)5)22-13-11-14-23(17-22)33-40(37,38)26-19-34(6)20-32-26/h9-15,17,19-20,28,33,35H,7-8,16,18H2,1-6H3/t28-,31-/m0/s1. The molecule has 214 valence electrons. The number of anilines is 1. The monoisotopic (exact) mass is 565 g/mol. The highest BCUT2D eigenvalue weighted by atomic mass is 32.2. The minimum Gasteiger partial charge on any atom is -0.512 e. The molecule has 0 saturated carbocycles. The van der Waals surface area contributed by atoms with Crippen molar-refractivity contribution < 1.29 is 23.1 Å². The van der Waals surface area contributed by atoms with Crippen LogP contribution in [0.5, 0.6) is 0 Å². The fraction of sp³-hybridized carbons (Fsp3) is 0.419. The van der Waals surface area contributed by atoms with Gasteiger partial charge in [0.25, 0.3) is 10.0 Å². The Bertz CT molecular complexity index is 1530. The number of hydrogen-bond donors (Lipinski definition) is 2. The number of aliphatic hydroxyl groups excluding tert-OH is 1. The van der Waals surface area contributed by atoms with Crippen LogP contribution >= 0.6 is 0 Å². The molecule has 9 heteroatoms. The van der Waals surface area contributed by atoms with Gasteiger partial charge in [-0.25, -0.2) is 9.78 Å². The summed E-state index contributed by atoms with van der Waals surface area (Å²) < 4.78 is 36.3. The lowest BCUT2D eigenvalue weighted by molar-refractivity contribution is -0.162. The van der Waals surface area contributed by atoms with Crippen LogP contribution in [0.15, 0.2) is 77.4 Å². The average Bonchev–Trinajstić information content (AvgIpc) is 3.33. The summed E-state index contributed by atoms with van der Waals surface area (Å²) in [6.07, 6.45) is 5.15. The number of aryl methyl sites for hydroxylation is 2. The summed E-state index contributed by atoms with van der Waals surface area (Å²) in [5, 5.41) is 11.5. The molecule has 1 aliphatic rings. The molecule has 0 aliphatic carbocycles. The van der Waals surface area contributed by atoms with Crippen molar-refractivity contribution >= 4 is 21.7 Å². The first-order valence-corrected chi connectivity index (χ1v) is 15.1. The van der Waals surface area contributed by atoms with Gasteiger partial charge in [0.15, 0.2) is 5.03 Å². The Morgan fingerprint density at radius 2 is 1.88 bits per heavy atom. The summed E-state index contributed by atoms with van der Waals surface area (Å²) >= 11 is 0. The van der Waals surface area contributed by atoms with Gasteiger partial charge in [-0.05, 0) is 47.1 Å². The van der Waals surface area contributed by atoms with Crippen LogP contribution in [0.4, 0.5) is 5.69 Å². The maximum absolute atomic E-state index is 13.9. The van der Waals surface area contributed by atoms with E-state index in [9.17, 15) is 18.3 Å². The second-order valence-electron chi connectivity index (χ2n) is 11.6. The molecule has 2 N–H and O–H groups in total. The van der Waals surface area contributed by atoms with E-state index in [0.717, 1.165) is 24.0 Å². The molecule has 0 radical (unpaired) electrons. The molecule has 0 bridgehead atoms. The molecule has 8 nitrogen and oxygen atoms in total. The normalized spacial score (nSPS) is 18.9. The number of nitrogens with zero attached hydrogens (tertiary/aromatic N) is 2. The topological polar surface area (TPSA) is 111 Å².